The predicted molar refractivity (Wildman–Crippen MR) is 134 cm³/mol. The Bertz CT molecular complexity index is 1430. The molecule has 6 rings (SSSR count). The SMILES string of the molecule is O=C(c1ccc(S(=O)(=O)N2CCOCC2)cc1)N1NC2=C(CCC/C2=C\c2ccco2)[C@H]1c1ccco1. The van der Waals surface area contributed by atoms with Crippen LogP contribution < -0.4 is 5.43 Å². The van der Waals surface area contributed by atoms with Gasteiger partial charge in [0.25, 0.3) is 5.91 Å². The Kier molecular flexibility index (Phi) is 6.23. The topological polar surface area (TPSA) is 105 Å². The number of benzene rings is 1. The van der Waals surface area contributed by atoms with Crippen LogP contribution in [0.4, 0.5) is 0 Å². The summed E-state index contributed by atoms with van der Waals surface area (Å²) in [4.78, 5) is 13.9. The number of hydrogen-bond donors (Lipinski definition) is 1. The molecule has 10 heteroatoms. The van der Waals surface area contributed by atoms with Gasteiger partial charge >= 0.3 is 0 Å². The van der Waals surface area contributed by atoms with Crippen molar-refractivity contribution in [1.29, 1.82) is 0 Å². The molecule has 0 bridgehead atoms. The zero-order chi connectivity index (χ0) is 25.4. The monoisotopic (exact) mass is 521 g/mol. The van der Waals surface area contributed by atoms with Crippen LogP contribution >= 0.6 is 0 Å². The van der Waals surface area contributed by atoms with Crippen molar-refractivity contribution in [3.8, 4) is 0 Å². The van der Waals surface area contributed by atoms with Crippen LogP contribution in [0.25, 0.3) is 6.08 Å². The van der Waals surface area contributed by atoms with E-state index >= 15 is 0 Å². The third kappa shape index (κ3) is 4.41. The molecule has 1 saturated heterocycles. The van der Waals surface area contributed by atoms with Crippen LogP contribution in [0.1, 0.15) is 47.2 Å². The molecule has 1 aromatic carbocycles. The van der Waals surface area contributed by atoms with E-state index in [1.807, 2.05) is 30.3 Å². The van der Waals surface area contributed by atoms with E-state index in [-0.39, 0.29) is 10.8 Å². The maximum atomic E-state index is 13.8. The summed E-state index contributed by atoms with van der Waals surface area (Å²) in [5, 5.41) is 1.58. The fraction of sp³-hybridized carbons (Fsp3) is 0.296. The number of hydrazine groups is 1. The van der Waals surface area contributed by atoms with E-state index < -0.39 is 16.1 Å². The summed E-state index contributed by atoms with van der Waals surface area (Å²) in [7, 11) is -3.65. The highest BCUT2D eigenvalue weighted by molar-refractivity contribution is 7.89. The Labute approximate surface area is 215 Å². The first kappa shape index (κ1) is 23.8. The first-order chi connectivity index (χ1) is 18.0. The molecule has 9 nitrogen and oxygen atoms in total. The average molecular weight is 522 g/mol. The van der Waals surface area contributed by atoms with Gasteiger partial charge in [-0.05, 0) is 85.0 Å². The minimum absolute atomic E-state index is 0.156. The van der Waals surface area contributed by atoms with Gasteiger partial charge in [0.1, 0.15) is 17.6 Å². The highest BCUT2D eigenvalue weighted by Crippen LogP contribution is 2.44. The third-order valence-corrected chi connectivity index (χ3v) is 8.87. The number of nitrogens with zero attached hydrogens (tertiary/aromatic N) is 2. The number of hydrogen-bond acceptors (Lipinski definition) is 7. The van der Waals surface area contributed by atoms with Gasteiger partial charge in [-0.3, -0.25) is 10.2 Å². The van der Waals surface area contributed by atoms with Crippen molar-refractivity contribution in [2.24, 2.45) is 0 Å². The number of allylic oxidation sites excluding steroid dienone is 1. The first-order valence-corrected chi connectivity index (χ1v) is 13.8. The fourth-order valence-corrected chi connectivity index (χ4v) is 6.54. The number of rotatable bonds is 5. The predicted octanol–water partition coefficient (Wildman–Crippen LogP) is 4.12. The lowest BCUT2D eigenvalue weighted by Gasteiger charge is -2.26. The van der Waals surface area contributed by atoms with Crippen molar-refractivity contribution in [3.05, 3.63) is 95.0 Å². The molecule has 1 amide bonds. The smallest absolute Gasteiger partial charge is 0.273 e. The lowest BCUT2D eigenvalue weighted by atomic mass is 9.88. The van der Waals surface area contributed by atoms with Gasteiger partial charge in [0, 0.05) is 18.7 Å². The maximum absolute atomic E-state index is 13.8. The molecule has 2 aromatic heterocycles. The minimum Gasteiger partial charge on any atom is -0.467 e. The van der Waals surface area contributed by atoms with Crippen molar-refractivity contribution in [3.63, 3.8) is 0 Å². The van der Waals surface area contributed by atoms with E-state index in [1.54, 1.807) is 29.7 Å². The van der Waals surface area contributed by atoms with Gasteiger partial charge in [-0.25, -0.2) is 13.4 Å². The normalized spacial score (nSPS) is 21.8. The van der Waals surface area contributed by atoms with Gasteiger partial charge in [0.05, 0.1) is 36.3 Å². The summed E-state index contributed by atoms with van der Waals surface area (Å²) in [6, 6.07) is 13.1. The van der Waals surface area contributed by atoms with E-state index in [0.29, 0.717) is 37.6 Å². The van der Waals surface area contributed by atoms with Gasteiger partial charge in [-0.2, -0.15) is 4.31 Å². The van der Waals surface area contributed by atoms with Crippen LogP contribution in [0.5, 0.6) is 0 Å². The number of nitrogens with one attached hydrogen (secondary N) is 1. The molecule has 0 spiro atoms. The quantitative estimate of drug-likeness (QED) is 0.539. The second kappa shape index (κ2) is 9.70. The summed E-state index contributed by atoms with van der Waals surface area (Å²) in [5.74, 6) is 1.14. The summed E-state index contributed by atoms with van der Waals surface area (Å²) in [5.41, 5.74) is 6.77. The van der Waals surface area contributed by atoms with Crippen molar-refractivity contribution < 1.29 is 26.8 Å². The Morgan fingerprint density at radius 3 is 2.43 bits per heavy atom. The van der Waals surface area contributed by atoms with E-state index in [1.165, 1.54) is 16.4 Å². The molecule has 1 fully saturated rings. The number of morpholine rings is 1. The molecule has 0 unspecified atom stereocenters. The number of ether oxygens (including phenoxy) is 1. The fourth-order valence-electron chi connectivity index (χ4n) is 5.13. The van der Waals surface area contributed by atoms with Crippen LogP contribution in [-0.4, -0.2) is 49.9 Å². The zero-order valence-electron chi connectivity index (χ0n) is 20.1. The number of sulfonamides is 1. The number of carbonyl (C=O) groups is 1. The number of amides is 1. The van der Waals surface area contributed by atoms with Crippen LogP contribution in [-0.2, 0) is 14.8 Å². The second-order valence-corrected chi connectivity index (χ2v) is 11.1. The molecule has 37 heavy (non-hydrogen) atoms. The van der Waals surface area contributed by atoms with E-state index in [0.717, 1.165) is 41.9 Å². The van der Waals surface area contributed by atoms with E-state index in [4.69, 9.17) is 13.6 Å². The molecule has 1 aliphatic carbocycles. The molecular formula is C27H27N3O6S. The molecule has 2 aliphatic heterocycles. The number of carbonyl (C=O) groups excluding carboxylic acids is 1. The van der Waals surface area contributed by atoms with Crippen LogP contribution in [0, 0.1) is 0 Å². The van der Waals surface area contributed by atoms with Crippen molar-refractivity contribution >= 4 is 22.0 Å². The van der Waals surface area contributed by atoms with Crippen LogP contribution in [0.2, 0.25) is 0 Å². The van der Waals surface area contributed by atoms with Crippen LogP contribution in [0.15, 0.2) is 91.6 Å². The van der Waals surface area contributed by atoms with Gasteiger partial charge in [-0.1, -0.05) is 0 Å². The third-order valence-electron chi connectivity index (χ3n) is 6.96. The van der Waals surface area contributed by atoms with E-state index in [2.05, 4.69) is 5.43 Å². The average Bonchev–Trinajstić information content (AvgIpc) is 3.70. The summed E-state index contributed by atoms with van der Waals surface area (Å²) < 4.78 is 44.0. The van der Waals surface area contributed by atoms with Crippen molar-refractivity contribution in [1.82, 2.24) is 14.7 Å². The molecule has 4 heterocycles. The Morgan fingerprint density at radius 2 is 1.73 bits per heavy atom. The standard InChI is InChI=1S/C27H27N3O6S/c31-27(19-8-10-22(11-9-19)37(32,33)29-12-16-34-17-13-29)30-26(24-7-3-15-36-24)23-6-1-4-20(25(23)28-30)18-21-5-2-14-35-21/h2-3,5,7-11,14-15,18,26,28H,1,4,6,12-13,16-17H2/b20-18+/t26-/m0/s1. The molecule has 3 aromatic rings. The van der Waals surface area contributed by atoms with Crippen LogP contribution in [0.3, 0.4) is 0 Å². The first-order valence-electron chi connectivity index (χ1n) is 12.3. The lowest BCUT2D eigenvalue weighted by Crippen LogP contribution is -2.41. The van der Waals surface area contributed by atoms with Gasteiger partial charge < -0.3 is 13.6 Å². The maximum Gasteiger partial charge on any atom is 0.273 e. The highest BCUT2D eigenvalue weighted by atomic mass is 32.2. The van der Waals surface area contributed by atoms with Gasteiger partial charge in [0.15, 0.2) is 0 Å². The molecular weight excluding hydrogens is 494 g/mol. The molecule has 192 valence electrons. The number of furan rings is 2. The molecule has 1 atom stereocenters. The molecule has 0 radical (unpaired) electrons. The molecule has 0 saturated carbocycles. The Hall–Kier alpha value is -3.60. The zero-order valence-corrected chi connectivity index (χ0v) is 20.9. The minimum atomic E-state index is -3.65. The van der Waals surface area contributed by atoms with Gasteiger partial charge in [-0.15, -0.1) is 0 Å². The summed E-state index contributed by atoms with van der Waals surface area (Å²) in [6.45, 7) is 1.38. The summed E-state index contributed by atoms with van der Waals surface area (Å²) >= 11 is 0. The lowest BCUT2D eigenvalue weighted by molar-refractivity contribution is 0.0637. The van der Waals surface area contributed by atoms with Crippen molar-refractivity contribution in [2.75, 3.05) is 26.3 Å². The second-order valence-electron chi connectivity index (χ2n) is 9.18. The Morgan fingerprint density at radius 1 is 0.973 bits per heavy atom. The largest absolute Gasteiger partial charge is 0.467 e. The molecule has 1 N–H and O–H groups in total. The Balaban J connectivity index is 1.30. The van der Waals surface area contributed by atoms with E-state index in [9.17, 15) is 13.2 Å². The summed E-state index contributed by atoms with van der Waals surface area (Å²) in [6.07, 6.45) is 7.86. The van der Waals surface area contributed by atoms with Gasteiger partial charge in [0.2, 0.25) is 10.0 Å². The molecule has 3 aliphatic rings. The van der Waals surface area contributed by atoms with Crippen molar-refractivity contribution in [2.45, 2.75) is 30.2 Å². The highest BCUT2D eigenvalue weighted by Gasteiger charge is 2.41.